The number of benzene rings is 2. The van der Waals surface area contributed by atoms with Crippen LogP contribution in [0.15, 0.2) is 42.5 Å². The van der Waals surface area contributed by atoms with Crippen molar-refractivity contribution >= 4 is 16.9 Å². The lowest BCUT2D eigenvalue weighted by atomic mass is 10.1. The van der Waals surface area contributed by atoms with Gasteiger partial charge >= 0.3 is 0 Å². The normalized spacial score (nSPS) is 11.0. The molecule has 1 N–H and O–H groups in total. The summed E-state index contributed by atoms with van der Waals surface area (Å²) in [6, 6.07) is 14.7. The molecule has 0 radical (unpaired) electrons. The molecule has 160 valence electrons. The zero-order chi connectivity index (χ0) is 21.3. The van der Waals surface area contributed by atoms with Gasteiger partial charge in [-0.25, -0.2) is 4.98 Å². The fraction of sp³-hybridized carbons (Fsp3) is 0.440. The number of aromatic nitrogens is 2. The molecule has 0 aliphatic rings. The Morgan fingerprint density at radius 1 is 1.07 bits per heavy atom. The molecule has 0 atom stereocenters. The average Bonchev–Trinajstić information content (AvgIpc) is 3.07. The van der Waals surface area contributed by atoms with Crippen LogP contribution in [0.5, 0.6) is 5.75 Å². The summed E-state index contributed by atoms with van der Waals surface area (Å²) in [6.07, 6.45) is 5.04. The average molecular weight is 408 g/mol. The Balaban J connectivity index is 1.56. The Bertz CT molecular complexity index is 978. The number of imidazole rings is 1. The van der Waals surface area contributed by atoms with Crippen LogP contribution in [0.3, 0.4) is 0 Å². The Kier molecular flexibility index (Phi) is 7.89. The van der Waals surface area contributed by atoms with Crippen molar-refractivity contribution in [2.24, 2.45) is 0 Å². The Labute approximate surface area is 179 Å². The molecule has 1 amide bonds. The van der Waals surface area contributed by atoms with E-state index >= 15 is 0 Å². The van der Waals surface area contributed by atoms with Gasteiger partial charge < -0.3 is 14.6 Å². The summed E-state index contributed by atoms with van der Waals surface area (Å²) in [5.74, 6) is 2.16. The molecular weight excluding hydrogens is 374 g/mol. The van der Waals surface area contributed by atoms with E-state index in [9.17, 15) is 4.79 Å². The number of amides is 1. The zero-order valence-electron chi connectivity index (χ0n) is 18.4. The highest BCUT2D eigenvalue weighted by Gasteiger charge is 2.10. The molecule has 3 aromatic rings. The fourth-order valence-electron chi connectivity index (χ4n) is 3.68. The van der Waals surface area contributed by atoms with Crippen molar-refractivity contribution in [3.8, 4) is 5.75 Å². The molecule has 3 rings (SSSR count). The number of aryl methyl sites for hydroxylation is 4. The molecule has 0 aliphatic carbocycles. The lowest BCUT2D eigenvalue weighted by Crippen LogP contribution is -2.20. The molecule has 30 heavy (non-hydrogen) atoms. The van der Waals surface area contributed by atoms with Gasteiger partial charge in [0.05, 0.1) is 17.6 Å². The van der Waals surface area contributed by atoms with E-state index in [2.05, 4.69) is 60.1 Å². The minimum Gasteiger partial charge on any atom is -0.493 e. The molecule has 0 saturated heterocycles. The second-order valence-corrected chi connectivity index (χ2v) is 7.93. The summed E-state index contributed by atoms with van der Waals surface area (Å²) >= 11 is 0. The molecule has 5 nitrogen and oxygen atoms in total. The minimum absolute atomic E-state index is 0.0415. The number of hydrogen-bond donors (Lipinski definition) is 1. The van der Waals surface area contributed by atoms with Crippen LogP contribution in [0, 0.1) is 13.8 Å². The van der Waals surface area contributed by atoms with E-state index in [0.29, 0.717) is 6.61 Å². The summed E-state index contributed by atoms with van der Waals surface area (Å²) in [5, 5.41) is 2.86. The van der Waals surface area contributed by atoms with Gasteiger partial charge in [-0.05, 0) is 62.4 Å². The second kappa shape index (κ2) is 10.8. The summed E-state index contributed by atoms with van der Waals surface area (Å²) in [6.45, 7) is 8.07. The van der Waals surface area contributed by atoms with Gasteiger partial charge in [-0.2, -0.15) is 0 Å². The fourth-order valence-corrected chi connectivity index (χ4v) is 3.68. The highest BCUT2D eigenvalue weighted by molar-refractivity contribution is 5.75. The second-order valence-electron chi connectivity index (χ2n) is 7.93. The van der Waals surface area contributed by atoms with Gasteiger partial charge in [0.1, 0.15) is 11.6 Å². The van der Waals surface area contributed by atoms with Crippen molar-refractivity contribution in [3.05, 3.63) is 59.4 Å². The number of para-hydroxylation sites is 2. The van der Waals surface area contributed by atoms with Crippen LogP contribution < -0.4 is 10.1 Å². The van der Waals surface area contributed by atoms with Crippen LogP contribution in [0.1, 0.15) is 49.6 Å². The number of ether oxygens (including phenoxy) is 1. The van der Waals surface area contributed by atoms with Crippen molar-refractivity contribution < 1.29 is 9.53 Å². The van der Waals surface area contributed by atoms with Crippen LogP contribution in [-0.4, -0.2) is 28.6 Å². The predicted octanol–water partition coefficient (Wildman–Crippen LogP) is 4.97. The van der Waals surface area contributed by atoms with E-state index in [-0.39, 0.29) is 5.91 Å². The van der Waals surface area contributed by atoms with Crippen molar-refractivity contribution in [1.82, 2.24) is 14.9 Å². The van der Waals surface area contributed by atoms with Crippen LogP contribution >= 0.6 is 0 Å². The smallest absolute Gasteiger partial charge is 0.216 e. The van der Waals surface area contributed by atoms with Gasteiger partial charge in [0, 0.05) is 26.4 Å². The topological polar surface area (TPSA) is 56.2 Å². The maximum absolute atomic E-state index is 11.0. The third-order valence-electron chi connectivity index (χ3n) is 5.31. The highest BCUT2D eigenvalue weighted by Crippen LogP contribution is 2.21. The first-order valence-corrected chi connectivity index (χ1v) is 10.9. The number of nitrogens with zero attached hydrogens (tertiary/aromatic N) is 2. The Morgan fingerprint density at radius 3 is 2.73 bits per heavy atom. The van der Waals surface area contributed by atoms with E-state index < -0.39 is 0 Å². The predicted molar refractivity (Wildman–Crippen MR) is 122 cm³/mol. The minimum atomic E-state index is 0.0415. The van der Waals surface area contributed by atoms with E-state index in [1.807, 2.05) is 6.07 Å². The van der Waals surface area contributed by atoms with Gasteiger partial charge in [-0.1, -0.05) is 30.7 Å². The van der Waals surface area contributed by atoms with Gasteiger partial charge in [0.25, 0.3) is 0 Å². The van der Waals surface area contributed by atoms with Gasteiger partial charge in [0.15, 0.2) is 0 Å². The van der Waals surface area contributed by atoms with Crippen LogP contribution in [0.4, 0.5) is 0 Å². The number of unbranched alkanes of at least 4 members (excludes halogenated alkanes) is 2. The third kappa shape index (κ3) is 6.09. The molecular formula is C25H33N3O2. The van der Waals surface area contributed by atoms with Gasteiger partial charge in [0.2, 0.25) is 5.91 Å². The molecule has 0 unspecified atom stereocenters. The lowest BCUT2D eigenvalue weighted by molar-refractivity contribution is -0.118. The summed E-state index contributed by atoms with van der Waals surface area (Å²) in [5.41, 5.74) is 4.64. The van der Waals surface area contributed by atoms with Crippen LogP contribution in [0.25, 0.3) is 11.0 Å². The molecule has 0 spiro atoms. The molecule has 0 fully saturated rings. The first-order valence-electron chi connectivity index (χ1n) is 10.9. The Hall–Kier alpha value is -2.82. The summed E-state index contributed by atoms with van der Waals surface area (Å²) in [7, 11) is 0. The quantitative estimate of drug-likeness (QED) is 0.457. The van der Waals surface area contributed by atoms with E-state index in [1.54, 1.807) is 6.92 Å². The van der Waals surface area contributed by atoms with Crippen molar-refractivity contribution in [2.45, 2.75) is 59.4 Å². The van der Waals surface area contributed by atoms with Gasteiger partial charge in [-0.3, -0.25) is 4.79 Å². The molecule has 5 heteroatoms. The number of fused-ring (bicyclic) bond motifs is 1. The molecule has 0 saturated carbocycles. The number of carbonyl (C=O) groups is 1. The van der Waals surface area contributed by atoms with Gasteiger partial charge in [-0.15, -0.1) is 0 Å². The Morgan fingerprint density at radius 2 is 1.90 bits per heavy atom. The van der Waals surface area contributed by atoms with E-state index in [1.165, 1.54) is 16.6 Å². The van der Waals surface area contributed by atoms with Crippen LogP contribution in [-0.2, 0) is 17.8 Å². The number of nitrogens with one attached hydrogen (secondary N) is 1. The molecule has 0 bridgehead atoms. The van der Waals surface area contributed by atoms with Crippen molar-refractivity contribution in [2.75, 3.05) is 13.2 Å². The third-order valence-corrected chi connectivity index (χ3v) is 5.31. The first kappa shape index (κ1) is 21.9. The van der Waals surface area contributed by atoms with Crippen molar-refractivity contribution in [1.29, 1.82) is 0 Å². The molecule has 1 aromatic heterocycles. The maximum atomic E-state index is 11.0. The summed E-state index contributed by atoms with van der Waals surface area (Å²) in [4.78, 5) is 15.8. The monoisotopic (exact) mass is 407 g/mol. The molecule has 2 aromatic carbocycles. The highest BCUT2D eigenvalue weighted by atomic mass is 16.5. The van der Waals surface area contributed by atoms with E-state index in [0.717, 1.165) is 62.3 Å². The maximum Gasteiger partial charge on any atom is 0.216 e. The summed E-state index contributed by atoms with van der Waals surface area (Å²) < 4.78 is 8.39. The van der Waals surface area contributed by atoms with Crippen LogP contribution in [0.2, 0.25) is 0 Å². The SMILES string of the molecule is CC(=O)NCCCCCc1nc2ccccc2n1CCCOc1cc(C)ccc1C. The standard InChI is InChI=1S/C25H33N3O2/c1-19-13-14-20(2)24(18-19)30-17-9-16-28-23-11-7-6-10-22(23)27-25(28)12-5-4-8-15-26-21(3)29/h6-7,10-11,13-14,18H,4-5,8-9,12,15-17H2,1-3H3,(H,26,29). The van der Waals surface area contributed by atoms with Crippen molar-refractivity contribution in [3.63, 3.8) is 0 Å². The first-order chi connectivity index (χ1) is 14.5. The number of hydrogen-bond acceptors (Lipinski definition) is 3. The molecule has 0 aliphatic heterocycles. The molecule has 1 heterocycles. The zero-order valence-corrected chi connectivity index (χ0v) is 18.4. The number of carbonyl (C=O) groups excluding carboxylic acids is 1. The van der Waals surface area contributed by atoms with E-state index in [4.69, 9.17) is 9.72 Å². The lowest BCUT2D eigenvalue weighted by Gasteiger charge is -2.12. The number of rotatable bonds is 11. The largest absolute Gasteiger partial charge is 0.493 e.